The number of allylic oxidation sites excluding steroid dienone is 4. The first kappa shape index (κ1) is 22.0. The van der Waals surface area contributed by atoms with Crippen molar-refractivity contribution in [3.8, 4) is 11.5 Å². The number of fused-ring (bicyclic) bond motifs is 2. The Morgan fingerprint density at radius 1 is 0.633 bits per heavy atom. The molecule has 30 heavy (non-hydrogen) atoms. The molecule has 2 heteroatoms. The first-order valence-electron chi connectivity index (χ1n) is 11.1. The maximum absolute atomic E-state index is 6.39. The van der Waals surface area contributed by atoms with E-state index in [0.717, 1.165) is 58.7 Å². The topological polar surface area (TPSA) is 18.5 Å². The lowest BCUT2D eigenvalue weighted by Gasteiger charge is -2.18. The Balaban J connectivity index is 2.05. The van der Waals surface area contributed by atoms with Crippen molar-refractivity contribution in [3.05, 3.63) is 71.8 Å². The molecule has 2 nitrogen and oxygen atoms in total. The Morgan fingerprint density at radius 2 is 1.07 bits per heavy atom. The zero-order valence-corrected chi connectivity index (χ0v) is 18.8. The average molecular weight is 403 g/mol. The number of aryl methyl sites for hydroxylation is 2. The zero-order valence-electron chi connectivity index (χ0n) is 18.8. The van der Waals surface area contributed by atoms with Crippen molar-refractivity contribution in [2.45, 2.75) is 53.4 Å². The van der Waals surface area contributed by atoms with Crippen LogP contribution in [0.5, 0.6) is 11.5 Å². The van der Waals surface area contributed by atoms with Crippen LogP contribution in [0.4, 0.5) is 0 Å². The van der Waals surface area contributed by atoms with E-state index in [9.17, 15) is 0 Å². The summed E-state index contributed by atoms with van der Waals surface area (Å²) in [7, 11) is 0. The molecule has 3 aromatic rings. The minimum absolute atomic E-state index is 0.708. The third-order valence-corrected chi connectivity index (χ3v) is 5.32. The minimum atomic E-state index is 0.708. The molecule has 158 valence electrons. The average Bonchev–Trinajstić information content (AvgIpc) is 2.74. The maximum Gasteiger partial charge on any atom is 0.135 e. The Morgan fingerprint density at radius 3 is 1.47 bits per heavy atom. The molecule has 0 aliphatic heterocycles. The molecule has 3 rings (SSSR count). The first-order valence-corrected chi connectivity index (χ1v) is 11.1. The van der Waals surface area contributed by atoms with Crippen LogP contribution in [-0.2, 0) is 0 Å². The van der Waals surface area contributed by atoms with Gasteiger partial charge in [0, 0.05) is 21.5 Å². The van der Waals surface area contributed by atoms with Crippen molar-refractivity contribution in [1.82, 2.24) is 0 Å². The van der Waals surface area contributed by atoms with Crippen LogP contribution in [0.1, 0.15) is 50.7 Å². The smallest absolute Gasteiger partial charge is 0.135 e. The Bertz CT molecular complexity index is 958. The molecule has 0 spiro atoms. The lowest BCUT2D eigenvalue weighted by atomic mass is 9.97. The molecule has 0 radical (unpaired) electrons. The standard InChI is InChI=1S/C28H34O2/c1-5-7-9-11-17-29-27-23-15-13-22(4)20-26(23)28(30-18-12-10-8-6-2)24-16-14-21(3)19-25(24)27/h5-8,13-16,19-20H,9-12,17-18H2,1-4H3/b7-5+,8-6+. The Hall–Kier alpha value is -2.74. The molecule has 0 aliphatic carbocycles. The summed E-state index contributed by atoms with van der Waals surface area (Å²) in [6.45, 7) is 9.80. The molecule has 3 aromatic carbocycles. The maximum atomic E-state index is 6.39. The summed E-state index contributed by atoms with van der Waals surface area (Å²) in [6.07, 6.45) is 12.7. The highest BCUT2D eigenvalue weighted by Gasteiger charge is 2.16. The predicted molar refractivity (Wildman–Crippen MR) is 130 cm³/mol. The van der Waals surface area contributed by atoms with E-state index in [1.54, 1.807) is 0 Å². The largest absolute Gasteiger partial charge is 0.492 e. The van der Waals surface area contributed by atoms with E-state index in [1.807, 2.05) is 0 Å². The minimum Gasteiger partial charge on any atom is -0.492 e. The molecule has 0 saturated carbocycles. The van der Waals surface area contributed by atoms with E-state index in [2.05, 4.69) is 88.4 Å². The quantitative estimate of drug-likeness (QED) is 0.194. The van der Waals surface area contributed by atoms with Gasteiger partial charge in [0.15, 0.2) is 0 Å². The van der Waals surface area contributed by atoms with Gasteiger partial charge < -0.3 is 9.47 Å². The van der Waals surface area contributed by atoms with E-state index >= 15 is 0 Å². The Kier molecular flexibility index (Phi) is 7.96. The predicted octanol–water partition coefficient (Wildman–Crippen LogP) is 8.08. The second kappa shape index (κ2) is 10.9. The van der Waals surface area contributed by atoms with Crippen LogP contribution < -0.4 is 9.47 Å². The molecule has 0 saturated heterocycles. The van der Waals surface area contributed by atoms with E-state index in [1.165, 1.54) is 11.1 Å². The van der Waals surface area contributed by atoms with Gasteiger partial charge in [-0.3, -0.25) is 0 Å². The number of rotatable bonds is 10. The van der Waals surface area contributed by atoms with Crippen LogP contribution in [-0.4, -0.2) is 13.2 Å². The van der Waals surface area contributed by atoms with Gasteiger partial charge in [-0.05, 0) is 65.5 Å². The molecule has 0 aromatic heterocycles. The molecular formula is C28H34O2. The fourth-order valence-electron chi connectivity index (χ4n) is 3.77. The highest BCUT2D eigenvalue weighted by Crippen LogP contribution is 2.43. The fraction of sp³-hybridized carbons (Fsp3) is 0.357. The fourth-order valence-corrected chi connectivity index (χ4v) is 3.77. The number of benzene rings is 3. The molecule has 0 fully saturated rings. The van der Waals surface area contributed by atoms with E-state index in [4.69, 9.17) is 9.47 Å². The molecule has 0 unspecified atom stereocenters. The summed E-state index contributed by atoms with van der Waals surface area (Å²) in [5.74, 6) is 1.95. The normalized spacial score (nSPS) is 11.9. The van der Waals surface area contributed by atoms with Gasteiger partial charge in [0.1, 0.15) is 11.5 Å². The number of hydrogen-bond acceptors (Lipinski definition) is 2. The van der Waals surface area contributed by atoms with Crippen LogP contribution in [0.3, 0.4) is 0 Å². The third kappa shape index (κ3) is 5.24. The van der Waals surface area contributed by atoms with E-state index in [0.29, 0.717) is 13.2 Å². The van der Waals surface area contributed by atoms with Crippen molar-refractivity contribution in [3.63, 3.8) is 0 Å². The van der Waals surface area contributed by atoms with Gasteiger partial charge in [0.05, 0.1) is 13.2 Å². The van der Waals surface area contributed by atoms with Crippen LogP contribution in [0, 0.1) is 13.8 Å². The van der Waals surface area contributed by atoms with Gasteiger partial charge in [-0.1, -0.05) is 59.7 Å². The van der Waals surface area contributed by atoms with Crippen LogP contribution in [0.15, 0.2) is 60.7 Å². The Labute approximate surface area is 181 Å². The second-order valence-electron chi connectivity index (χ2n) is 7.88. The summed E-state index contributed by atoms with van der Waals surface area (Å²) in [4.78, 5) is 0. The highest BCUT2D eigenvalue weighted by molar-refractivity contribution is 6.11. The molecular weight excluding hydrogens is 368 g/mol. The second-order valence-corrected chi connectivity index (χ2v) is 7.88. The zero-order chi connectivity index (χ0) is 21.3. The van der Waals surface area contributed by atoms with Crippen LogP contribution in [0.25, 0.3) is 21.5 Å². The molecule has 0 aliphatic rings. The number of hydrogen-bond donors (Lipinski definition) is 0. The van der Waals surface area contributed by atoms with Crippen molar-refractivity contribution < 1.29 is 9.47 Å². The summed E-state index contributed by atoms with van der Waals surface area (Å²) in [5.41, 5.74) is 2.46. The van der Waals surface area contributed by atoms with E-state index in [-0.39, 0.29) is 0 Å². The van der Waals surface area contributed by atoms with Gasteiger partial charge in [0.25, 0.3) is 0 Å². The van der Waals surface area contributed by atoms with E-state index < -0.39 is 0 Å². The molecule has 0 atom stereocenters. The summed E-state index contributed by atoms with van der Waals surface area (Å²) < 4.78 is 12.8. The molecule has 0 amide bonds. The molecule has 0 heterocycles. The van der Waals surface area contributed by atoms with Gasteiger partial charge in [-0.25, -0.2) is 0 Å². The van der Waals surface area contributed by atoms with Crippen molar-refractivity contribution in [2.75, 3.05) is 13.2 Å². The van der Waals surface area contributed by atoms with Crippen molar-refractivity contribution >= 4 is 21.5 Å². The van der Waals surface area contributed by atoms with Gasteiger partial charge in [-0.2, -0.15) is 0 Å². The lowest BCUT2D eigenvalue weighted by Crippen LogP contribution is -2.02. The summed E-state index contributed by atoms with van der Waals surface area (Å²) in [6, 6.07) is 13.1. The number of unbranched alkanes of at least 4 members (excludes halogenated alkanes) is 2. The van der Waals surface area contributed by atoms with Crippen molar-refractivity contribution in [2.24, 2.45) is 0 Å². The van der Waals surface area contributed by atoms with Gasteiger partial charge in [0.2, 0.25) is 0 Å². The third-order valence-electron chi connectivity index (χ3n) is 5.32. The summed E-state index contributed by atoms with van der Waals surface area (Å²) in [5, 5.41) is 4.54. The monoisotopic (exact) mass is 402 g/mol. The summed E-state index contributed by atoms with van der Waals surface area (Å²) >= 11 is 0. The first-order chi connectivity index (χ1) is 14.7. The number of ether oxygens (including phenoxy) is 2. The SMILES string of the molecule is C/C=C/CCCOc1c2ccc(C)cc2c(OCCC/C=C/C)c2ccc(C)cc12. The van der Waals surface area contributed by atoms with Gasteiger partial charge in [-0.15, -0.1) is 0 Å². The highest BCUT2D eigenvalue weighted by atomic mass is 16.5. The lowest BCUT2D eigenvalue weighted by molar-refractivity contribution is 0.314. The van der Waals surface area contributed by atoms with Crippen molar-refractivity contribution in [1.29, 1.82) is 0 Å². The molecule has 0 bridgehead atoms. The van der Waals surface area contributed by atoms with Crippen LogP contribution >= 0.6 is 0 Å². The van der Waals surface area contributed by atoms with Gasteiger partial charge >= 0.3 is 0 Å². The molecule has 0 N–H and O–H groups in total. The van der Waals surface area contributed by atoms with Crippen LogP contribution in [0.2, 0.25) is 0 Å².